The van der Waals surface area contributed by atoms with Crippen LogP contribution < -0.4 is 0 Å². The van der Waals surface area contributed by atoms with Gasteiger partial charge in [-0.05, 0) is 30.7 Å². The van der Waals surface area contributed by atoms with E-state index in [4.69, 9.17) is 11.6 Å². The normalized spacial score (nSPS) is 16.2. The Morgan fingerprint density at radius 2 is 1.90 bits per heavy atom. The molecule has 0 spiro atoms. The van der Waals surface area contributed by atoms with Crippen LogP contribution in [0.15, 0.2) is 41.7 Å². The number of hydrogen-bond donors (Lipinski definition) is 0. The molecule has 0 bridgehead atoms. The Hall–Kier alpha value is -0.488. The van der Waals surface area contributed by atoms with E-state index in [-0.39, 0.29) is 0 Å². The monoisotopic (exact) mass is 656 g/mol. The fourth-order valence-electron chi connectivity index (χ4n) is 4.15. The summed E-state index contributed by atoms with van der Waals surface area (Å²) in [5.74, 6) is 0.420. The summed E-state index contributed by atoms with van der Waals surface area (Å²) in [6.07, 6.45) is 10.4. The van der Waals surface area contributed by atoms with Gasteiger partial charge < -0.3 is 0 Å². The first-order valence-corrected chi connectivity index (χ1v) is 15.0. The summed E-state index contributed by atoms with van der Waals surface area (Å²) in [6.45, 7) is 6.43. The number of halogens is 1. The van der Waals surface area contributed by atoms with Crippen LogP contribution in [-0.4, -0.2) is 83.8 Å². The molecule has 9 heteroatoms. The summed E-state index contributed by atoms with van der Waals surface area (Å²) < 4.78 is 30.1. The third-order valence-electron chi connectivity index (χ3n) is 5.91. The first-order valence-electron chi connectivity index (χ1n) is 11.1. The molecule has 1 aliphatic heterocycles. The van der Waals surface area contributed by atoms with Crippen LogP contribution in [0.25, 0.3) is 0 Å². The van der Waals surface area contributed by atoms with Crippen LogP contribution in [0.1, 0.15) is 44.7 Å². The number of hydrogen-bond acceptors (Lipinski definition) is 4. The average molecular weight is 656 g/mol. The molecule has 0 unspecified atom stereocenters. The van der Waals surface area contributed by atoms with Crippen molar-refractivity contribution in [3.05, 3.63) is 47.5 Å². The van der Waals surface area contributed by atoms with Gasteiger partial charge in [-0.1, -0.05) is 18.5 Å². The number of nitrogens with zero attached hydrogens (tertiary/aromatic N) is 4. The molecule has 1 saturated heterocycles. The molecule has 1 aromatic heterocycles. The number of rotatable bonds is 11. The van der Waals surface area contributed by atoms with E-state index in [0.717, 1.165) is 71.4 Å². The second-order valence-electron chi connectivity index (χ2n) is 8.37. The Kier molecular flexibility index (Phi) is 9.82. The van der Waals surface area contributed by atoms with E-state index in [1.807, 2.05) is 13.3 Å². The van der Waals surface area contributed by atoms with Gasteiger partial charge in [-0.25, -0.2) is 8.42 Å². The molecule has 2 aromatic rings. The Bertz CT molecular complexity index is 912. The fourth-order valence-corrected chi connectivity index (χ4v) is 6.81. The minimum atomic E-state index is -3.48. The number of imidazole rings is 1. The van der Waals surface area contributed by atoms with Crippen molar-refractivity contribution in [2.45, 2.75) is 50.3 Å². The maximum absolute atomic E-state index is 13.1. The topological polar surface area (TPSA) is 58.4 Å². The van der Waals surface area contributed by atoms with Crippen LogP contribution in [0.3, 0.4) is 0 Å². The molecule has 0 aliphatic carbocycles. The number of unbranched alkanes of at least 4 members (excludes halogenated alkanes) is 1. The molecule has 3 rings (SSSR count). The standard InChI is InChI=1S/C22H32ClN4O2S.Tl/c1-2-12-27(30(28,29)22-8-6-20(23)7-9-22)17-19-10-14-26(15-11-19)13-4-3-5-21-16-24-18-25-21;/h6-9,16,18-19H,2-5,10-15,17H2,1H3;/q-1;+1. The first kappa shape index (κ1) is 25.1. The predicted molar refractivity (Wildman–Crippen MR) is 126 cm³/mol. The largest absolute Gasteiger partial charge is 0.243 e. The van der Waals surface area contributed by atoms with E-state index in [2.05, 4.69) is 18.5 Å². The molecule has 0 radical (unpaired) electrons. The fraction of sp³-hybridized carbons (Fsp3) is 0.591. The Balaban J connectivity index is 1.44. The van der Waals surface area contributed by atoms with Gasteiger partial charge in [0.15, 0.2) is 0 Å². The number of likely N-dealkylation sites (tertiary alicyclic amines) is 1. The molecule has 1 aliphatic rings. The SMILES string of the molecule is CCCN(CC1CCN(CCCCc2c[n]([Tl])cn2)CC1)S(=O)(=O)c1ccc(Cl)cc1. The summed E-state index contributed by atoms with van der Waals surface area (Å²) >= 11 is 6.73. The molecule has 2 heterocycles. The number of benzene rings is 1. The van der Waals surface area contributed by atoms with Crippen LogP contribution in [-0.2, 0) is 16.4 Å². The van der Waals surface area contributed by atoms with Gasteiger partial charge in [-0.2, -0.15) is 4.31 Å². The number of aromatic nitrogens is 2. The molecule has 1 aromatic carbocycles. The van der Waals surface area contributed by atoms with E-state index in [9.17, 15) is 8.42 Å². The number of piperidine rings is 1. The molecular formula is C22H32ClN4O2STl. The molecule has 31 heavy (non-hydrogen) atoms. The Morgan fingerprint density at radius 1 is 1.19 bits per heavy atom. The van der Waals surface area contributed by atoms with Gasteiger partial charge in [0.05, 0.1) is 4.90 Å². The molecule has 0 N–H and O–H groups in total. The predicted octanol–water partition coefficient (Wildman–Crippen LogP) is 3.60. The van der Waals surface area contributed by atoms with E-state index in [0.29, 0.717) is 28.9 Å². The van der Waals surface area contributed by atoms with Gasteiger partial charge in [-0.3, -0.25) is 0 Å². The van der Waals surface area contributed by atoms with Crippen molar-refractivity contribution in [3.8, 4) is 0 Å². The van der Waals surface area contributed by atoms with Crippen molar-refractivity contribution in [2.24, 2.45) is 5.92 Å². The zero-order valence-electron chi connectivity index (χ0n) is 18.3. The van der Waals surface area contributed by atoms with Gasteiger partial charge in [0, 0.05) is 11.6 Å². The van der Waals surface area contributed by atoms with Crippen molar-refractivity contribution in [1.29, 1.82) is 0 Å². The van der Waals surface area contributed by atoms with Crippen molar-refractivity contribution in [1.82, 2.24) is 16.6 Å². The smallest absolute Gasteiger partial charge is 0.207 e. The van der Waals surface area contributed by atoms with Crippen LogP contribution in [0.2, 0.25) is 5.02 Å². The minimum Gasteiger partial charge on any atom is -0.207 e. The quantitative estimate of drug-likeness (QED) is 0.274. The number of aryl methyl sites for hydroxylation is 1. The summed E-state index contributed by atoms with van der Waals surface area (Å²) in [6, 6.07) is 6.51. The van der Waals surface area contributed by atoms with Gasteiger partial charge in [0.25, 0.3) is 0 Å². The molecular weight excluding hydrogens is 624 g/mol. The second-order valence-corrected chi connectivity index (χ2v) is 13.1. The third-order valence-corrected chi connectivity index (χ3v) is 9.13. The van der Waals surface area contributed by atoms with E-state index in [1.165, 1.54) is 18.5 Å². The van der Waals surface area contributed by atoms with Crippen LogP contribution in [0.4, 0.5) is 0 Å². The van der Waals surface area contributed by atoms with E-state index >= 15 is 0 Å². The molecule has 0 amide bonds. The van der Waals surface area contributed by atoms with Gasteiger partial charge in [0.2, 0.25) is 10.0 Å². The zero-order valence-corrected chi connectivity index (χ0v) is 24.3. The summed E-state index contributed by atoms with van der Waals surface area (Å²) in [7, 11) is -3.48. The zero-order chi connectivity index (χ0) is 22.3. The maximum atomic E-state index is 13.1. The molecule has 1 fully saturated rings. The van der Waals surface area contributed by atoms with Gasteiger partial charge in [-0.15, -0.1) is 0 Å². The van der Waals surface area contributed by atoms with Crippen molar-refractivity contribution in [2.75, 3.05) is 32.7 Å². The Labute approximate surface area is 208 Å². The third kappa shape index (κ3) is 7.52. The summed E-state index contributed by atoms with van der Waals surface area (Å²) in [4.78, 5) is 7.29. The van der Waals surface area contributed by atoms with Gasteiger partial charge >= 0.3 is 121 Å². The Morgan fingerprint density at radius 3 is 2.52 bits per heavy atom. The molecule has 0 atom stereocenters. The van der Waals surface area contributed by atoms with Crippen LogP contribution in [0.5, 0.6) is 0 Å². The molecule has 0 saturated carbocycles. The molecule has 168 valence electrons. The van der Waals surface area contributed by atoms with Crippen LogP contribution in [0, 0.1) is 5.92 Å². The van der Waals surface area contributed by atoms with Crippen molar-refractivity contribution < 1.29 is 8.42 Å². The summed E-state index contributed by atoms with van der Waals surface area (Å²) in [5, 5.41) is 0.551. The maximum Gasteiger partial charge on any atom is 0.243 e. The van der Waals surface area contributed by atoms with Crippen LogP contribution >= 0.6 is 11.6 Å². The minimum absolute atomic E-state index is 0.332. The second kappa shape index (κ2) is 12.1. The summed E-state index contributed by atoms with van der Waals surface area (Å²) in [5.41, 5.74) is 1.21. The number of sulfonamides is 1. The van der Waals surface area contributed by atoms with E-state index < -0.39 is 10.0 Å². The van der Waals surface area contributed by atoms with Crippen molar-refractivity contribution >= 4 is 47.7 Å². The van der Waals surface area contributed by atoms with E-state index in [1.54, 1.807) is 28.6 Å². The van der Waals surface area contributed by atoms with Crippen molar-refractivity contribution in [3.63, 3.8) is 0 Å². The molecule has 6 nitrogen and oxygen atoms in total. The van der Waals surface area contributed by atoms with Gasteiger partial charge in [0.1, 0.15) is 0 Å². The average Bonchev–Trinajstić information content (AvgIpc) is 3.17. The first-order chi connectivity index (χ1) is 14.9.